The van der Waals surface area contributed by atoms with Crippen LogP contribution < -0.4 is 10.6 Å². The van der Waals surface area contributed by atoms with Gasteiger partial charge in [-0.1, -0.05) is 6.07 Å². The predicted molar refractivity (Wildman–Crippen MR) is 119 cm³/mol. The van der Waals surface area contributed by atoms with Crippen molar-refractivity contribution in [2.75, 3.05) is 51.3 Å². The number of alkyl halides is 3. The highest BCUT2D eigenvalue weighted by Gasteiger charge is 2.50. The van der Waals surface area contributed by atoms with Crippen LogP contribution >= 0.6 is 0 Å². The van der Waals surface area contributed by atoms with Crippen LogP contribution in [0.3, 0.4) is 0 Å². The zero-order chi connectivity index (χ0) is 24.3. The third-order valence-corrected chi connectivity index (χ3v) is 6.79. The van der Waals surface area contributed by atoms with Gasteiger partial charge < -0.3 is 25.0 Å². The Morgan fingerprint density at radius 1 is 1.24 bits per heavy atom. The van der Waals surface area contributed by atoms with E-state index in [9.17, 15) is 22.8 Å². The monoisotopic (exact) mass is 481 g/mol. The van der Waals surface area contributed by atoms with Crippen LogP contribution in [-0.2, 0) is 25.2 Å². The molecule has 1 amide bonds. The molecule has 2 fully saturated rings. The first-order valence-electron chi connectivity index (χ1n) is 11.6. The number of piperidine rings is 1. The Bertz CT molecular complexity index is 949. The van der Waals surface area contributed by atoms with Crippen LogP contribution in [0.25, 0.3) is 0 Å². The zero-order valence-electron chi connectivity index (χ0n) is 19.2. The van der Waals surface area contributed by atoms with E-state index >= 15 is 0 Å². The molecule has 10 heteroatoms. The van der Waals surface area contributed by atoms with Crippen molar-refractivity contribution in [3.8, 4) is 0 Å². The van der Waals surface area contributed by atoms with Crippen LogP contribution in [0.1, 0.15) is 31.7 Å². The van der Waals surface area contributed by atoms with Crippen LogP contribution in [0, 0.1) is 5.92 Å². The maximum Gasteiger partial charge on any atom is 0.416 e. The van der Waals surface area contributed by atoms with E-state index in [4.69, 9.17) is 9.47 Å². The Labute approximate surface area is 196 Å². The summed E-state index contributed by atoms with van der Waals surface area (Å²) in [7, 11) is 0. The third kappa shape index (κ3) is 5.38. The van der Waals surface area contributed by atoms with E-state index in [1.54, 1.807) is 6.92 Å². The fourth-order valence-corrected chi connectivity index (χ4v) is 4.94. The number of carbonyl (C=O) groups excluding carboxylic acids is 2. The third-order valence-electron chi connectivity index (χ3n) is 6.79. The number of hydrogen-bond acceptors (Lipinski definition) is 6. The lowest BCUT2D eigenvalue weighted by Crippen LogP contribution is -2.50. The van der Waals surface area contributed by atoms with Gasteiger partial charge in [0.25, 0.3) is 5.91 Å². The summed E-state index contributed by atoms with van der Waals surface area (Å²) in [6, 6.07) is 4.90. The van der Waals surface area contributed by atoms with Crippen LogP contribution in [0.5, 0.6) is 0 Å². The molecule has 1 spiro atoms. The van der Waals surface area contributed by atoms with E-state index < -0.39 is 23.3 Å². The van der Waals surface area contributed by atoms with Crippen molar-refractivity contribution in [3.05, 3.63) is 41.0 Å². The molecule has 2 N–H and O–H groups in total. The molecule has 34 heavy (non-hydrogen) atoms. The molecule has 1 aromatic carbocycles. The van der Waals surface area contributed by atoms with Gasteiger partial charge in [0.05, 0.1) is 17.7 Å². The summed E-state index contributed by atoms with van der Waals surface area (Å²) in [5.41, 5.74) is -0.642. The highest BCUT2D eigenvalue weighted by Crippen LogP contribution is 2.41. The first kappa shape index (κ1) is 24.5. The molecule has 0 saturated carbocycles. The Balaban J connectivity index is 1.31. The standard InChI is InChI=1S/C24H30F3N3O4/c1-16-20(21(31)29-9-8-28-19-4-2-3-18(13-19)24(25,26)27)23(34-22(16)32)6-10-30(11-7-23)14-17-5-12-33-15-17/h2-4,13,17,28H,5-12,14-15H2,1H3,(H,29,31). The number of halogens is 3. The maximum atomic E-state index is 13.0. The summed E-state index contributed by atoms with van der Waals surface area (Å²) in [5.74, 6) is -0.318. The van der Waals surface area contributed by atoms with E-state index in [1.807, 2.05) is 0 Å². The number of carbonyl (C=O) groups is 2. The smallest absolute Gasteiger partial charge is 0.416 e. The Kier molecular flexibility index (Phi) is 7.18. The molecule has 3 heterocycles. The summed E-state index contributed by atoms with van der Waals surface area (Å²) < 4.78 is 49.8. The number of hydrogen-bond donors (Lipinski definition) is 2. The number of nitrogens with zero attached hydrogens (tertiary/aromatic N) is 1. The molecule has 0 aromatic heterocycles. The fourth-order valence-electron chi connectivity index (χ4n) is 4.94. The number of benzene rings is 1. The molecular weight excluding hydrogens is 451 g/mol. The minimum atomic E-state index is -4.42. The topological polar surface area (TPSA) is 79.9 Å². The zero-order valence-corrected chi connectivity index (χ0v) is 19.2. The normalized spacial score (nSPS) is 22.8. The molecule has 1 unspecified atom stereocenters. The average Bonchev–Trinajstić information content (AvgIpc) is 3.39. The molecule has 1 aromatic rings. The Morgan fingerprint density at radius 2 is 2.00 bits per heavy atom. The molecule has 0 radical (unpaired) electrons. The fraction of sp³-hybridized carbons (Fsp3) is 0.583. The molecule has 7 nitrogen and oxygen atoms in total. The van der Waals surface area contributed by atoms with Gasteiger partial charge in [-0.15, -0.1) is 0 Å². The second kappa shape index (κ2) is 9.95. The van der Waals surface area contributed by atoms with Gasteiger partial charge in [0.15, 0.2) is 0 Å². The summed E-state index contributed by atoms with van der Waals surface area (Å²) in [5, 5.41) is 5.68. The maximum absolute atomic E-state index is 13.0. The lowest BCUT2D eigenvalue weighted by Gasteiger charge is -2.40. The molecule has 2 saturated heterocycles. The molecular formula is C24H30F3N3O4. The second-order valence-electron chi connectivity index (χ2n) is 9.18. The summed E-state index contributed by atoms with van der Waals surface area (Å²) in [4.78, 5) is 27.7. The minimum absolute atomic E-state index is 0.184. The summed E-state index contributed by atoms with van der Waals surface area (Å²) in [6.07, 6.45) is -2.26. The van der Waals surface area contributed by atoms with Gasteiger partial charge in [-0.25, -0.2) is 4.79 Å². The molecule has 0 bridgehead atoms. The largest absolute Gasteiger partial charge is 0.450 e. The number of likely N-dealkylation sites (tertiary alicyclic amines) is 1. The molecule has 0 aliphatic carbocycles. The number of amides is 1. The van der Waals surface area contributed by atoms with Gasteiger partial charge in [-0.3, -0.25) is 4.79 Å². The highest BCUT2D eigenvalue weighted by molar-refractivity contribution is 6.07. The number of anilines is 1. The summed E-state index contributed by atoms with van der Waals surface area (Å²) in [6.45, 7) is 6.00. The first-order chi connectivity index (χ1) is 16.2. The van der Waals surface area contributed by atoms with E-state index in [2.05, 4.69) is 15.5 Å². The van der Waals surface area contributed by atoms with Crippen molar-refractivity contribution in [2.24, 2.45) is 5.92 Å². The van der Waals surface area contributed by atoms with Crippen molar-refractivity contribution >= 4 is 17.6 Å². The Morgan fingerprint density at radius 3 is 2.68 bits per heavy atom. The van der Waals surface area contributed by atoms with Crippen LogP contribution in [0.4, 0.5) is 18.9 Å². The predicted octanol–water partition coefficient (Wildman–Crippen LogP) is 2.98. The number of nitrogens with one attached hydrogen (secondary N) is 2. The second-order valence-corrected chi connectivity index (χ2v) is 9.18. The Hall–Kier alpha value is -2.59. The van der Waals surface area contributed by atoms with Gasteiger partial charge in [-0.2, -0.15) is 13.2 Å². The van der Waals surface area contributed by atoms with Gasteiger partial charge in [0, 0.05) is 63.4 Å². The van der Waals surface area contributed by atoms with E-state index in [-0.39, 0.29) is 19.0 Å². The van der Waals surface area contributed by atoms with Crippen molar-refractivity contribution in [3.63, 3.8) is 0 Å². The van der Waals surface area contributed by atoms with E-state index in [1.165, 1.54) is 12.1 Å². The first-order valence-corrected chi connectivity index (χ1v) is 11.6. The van der Waals surface area contributed by atoms with Gasteiger partial charge in [0.1, 0.15) is 5.60 Å². The average molecular weight is 482 g/mol. The van der Waals surface area contributed by atoms with Crippen LogP contribution in [0.15, 0.2) is 35.4 Å². The SMILES string of the molecule is CC1=C(C(=O)NCCNc2cccc(C(F)(F)F)c2)C2(CCN(CC3CCOC3)CC2)OC1=O. The van der Waals surface area contributed by atoms with Crippen molar-refractivity contribution in [1.29, 1.82) is 0 Å². The quantitative estimate of drug-likeness (QED) is 0.461. The van der Waals surface area contributed by atoms with Crippen molar-refractivity contribution < 1.29 is 32.2 Å². The molecule has 4 rings (SSSR count). The lowest BCUT2D eigenvalue weighted by atomic mass is 9.82. The van der Waals surface area contributed by atoms with Gasteiger partial charge >= 0.3 is 12.1 Å². The number of esters is 1. The van der Waals surface area contributed by atoms with Crippen molar-refractivity contribution in [1.82, 2.24) is 10.2 Å². The van der Waals surface area contributed by atoms with Gasteiger partial charge in [0.2, 0.25) is 0 Å². The number of rotatable bonds is 7. The van der Waals surface area contributed by atoms with Gasteiger partial charge in [-0.05, 0) is 37.5 Å². The van der Waals surface area contributed by atoms with Crippen LogP contribution in [0.2, 0.25) is 0 Å². The minimum Gasteiger partial charge on any atom is -0.450 e. The van der Waals surface area contributed by atoms with Crippen molar-refractivity contribution in [2.45, 2.75) is 38.0 Å². The number of ether oxygens (including phenoxy) is 2. The lowest BCUT2D eigenvalue weighted by molar-refractivity contribution is -0.151. The molecule has 1 atom stereocenters. The molecule has 3 aliphatic rings. The van der Waals surface area contributed by atoms with Crippen LogP contribution in [-0.4, -0.2) is 68.3 Å². The summed E-state index contributed by atoms with van der Waals surface area (Å²) >= 11 is 0. The van der Waals surface area contributed by atoms with E-state index in [0.717, 1.165) is 51.4 Å². The molecule has 3 aliphatic heterocycles. The molecule has 186 valence electrons. The highest BCUT2D eigenvalue weighted by atomic mass is 19.4. The van der Waals surface area contributed by atoms with E-state index in [0.29, 0.717) is 35.6 Å².